The predicted octanol–water partition coefficient (Wildman–Crippen LogP) is 3.29. The highest BCUT2D eigenvalue weighted by atomic mass is 19.4. The highest BCUT2D eigenvalue weighted by Crippen LogP contribution is 2.35. The van der Waals surface area contributed by atoms with Crippen LogP contribution in [0.25, 0.3) is 22.2 Å². The molecule has 0 aliphatic heterocycles. The summed E-state index contributed by atoms with van der Waals surface area (Å²) < 4.78 is 38.8. The van der Waals surface area contributed by atoms with E-state index in [1.807, 2.05) is 0 Å². The maximum Gasteiger partial charge on any atom is 0.417 e. The lowest BCUT2D eigenvalue weighted by Gasteiger charge is -2.10. The highest BCUT2D eigenvalue weighted by molar-refractivity contribution is 5.86. The summed E-state index contributed by atoms with van der Waals surface area (Å²) in [6.07, 6.45) is -1.97. The highest BCUT2D eigenvalue weighted by Gasteiger charge is 2.32. The monoisotopic (exact) mass is 290 g/mol. The quantitative estimate of drug-likeness (QED) is 0.747. The molecular weight excluding hydrogens is 281 g/mol. The van der Waals surface area contributed by atoms with Gasteiger partial charge in [-0.05, 0) is 12.1 Å². The third-order valence-corrected chi connectivity index (χ3v) is 3.03. The number of hydrogen-bond donors (Lipinski definition) is 1. The Morgan fingerprint density at radius 1 is 0.952 bits per heavy atom. The van der Waals surface area contributed by atoms with Crippen LogP contribution in [0.2, 0.25) is 0 Å². The van der Waals surface area contributed by atoms with Crippen LogP contribution in [0.4, 0.5) is 19.0 Å². The molecule has 3 aromatic rings. The van der Waals surface area contributed by atoms with Crippen LogP contribution >= 0.6 is 0 Å². The number of benzene rings is 1. The van der Waals surface area contributed by atoms with Gasteiger partial charge >= 0.3 is 6.18 Å². The molecule has 3 rings (SSSR count). The molecule has 0 bridgehead atoms. The number of nitrogen functional groups attached to an aromatic ring is 1. The summed E-state index contributed by atoms with van der Waals surface area (Å²) in [5.74, 6) is 0.289. The van der Waals surface area contributed by atoms with Crippen molar-refractivity contribution in [1.82, 2.24) is 15.0 Å². The second-order valence-electron chi connectivity index (χ2n) is 4.42. The normalized spacial score (nSPS) is 11.8. The molecule has 2 aromatic heterocycles. The Morgan fingerprint density at radius 2 is 1.76 bits per heavy atom. The van der Waals surface area contributed by atoms with Crippen molar-refractivity contribution < 1.29 is 13.2 Å². The molecule has 0 spiro atoms. The molecule has 0 unspecified atom stereocenters. The predicted molar refractivity (Wildman–Crippen MR) is 72.2 cm³/mol. The SMILES string of the molecule is Nc1cc(-c2ccc3c(C(F)(F)F)ccnc3c2)ncn1. The molecule has 106 valence electrons. The molecule has 21 heavy (non-hydrogen) atoms. The summed E-state index contributed by atoms with van der Waals surface area (Å²) in [5.41, 5.74) is 6.28. The average Bonchev–Trinajstić information content (AvgIpc) is 2.45. The van der Waals surface area contributed by atoms with Crippen LogP contribution in [0.3, 0.4) is 0 Å². The standard InChI is InChI=1S/C14H9F3N4/c15-14(16,17)10-3-4-19-12-5-8(1-2-9(10)12)11-6-13(18)21-7-20-11/h1-7H,(H2,18,20,21). The summed E-state index contributed by atoms with van der Waals surface area (Å²) in [5, 5.41) is 0.0516. The van der Waals surface area contributed by atoms with Crippen molar-refractivity contribution in [3.8, 4) is 11.3 Å². The van der Waals surface area contributed by atoms with E-state index in [-0.39, 0.29) is 16.7 Å². The van der Waals surface area contributed by atoms with Crippen molar-refractivity contribution in [2.75, 3.05) is 5.73 Å². The smallest absolute Gasteiger partial charge is 0.384 e. The van der Waals surface area contributed by atoms with Gasteiger partial charge in [-0.1, -0.05) is 12.1 Å². The number of nitrogens with two attached hydrogens (primary N) is 1. The Kier molecular flexibility index (Phi) is 2.97. The number of fused-ring (bicyclic) bond motifs is 1. The number of alkyl halides is 3. The number of pyridine rings is 1. The van der Waals surface area contributed by atoms with E-state index in [2.05, 4.69) is 15.0 Å². The lowest BCUT2D eigenvalue weighted by Crippen LogP contribution is -2.06. The zero-order chi connectivity index (χ0) is 15.0. The minimum atomic E-state index is -4.41. The van der Waals surface area contributed by atoms with Crippen LogP contribution in [0.15, 0.2) is 42.9 Å². The molecule has 7 heteroatoms. The molecule has 0 atom stereocenters. The lowest BCUT2D eigenvalue weighted by atomic mass is 10.0. The zero-order valence-corrected chi connectivity index (χ0v) is 10.6. The molecule has 0 aliphatic carbocycles. The van der Waals surface area contributed by atoms with Crippen LogP contribution in [0.1, 0.15) is 5.56 Å². The Morgan fingerprint density at radius 3 is 2.48 bits per heavy atom. The van der Waals surface area contributed by atoms with Crippen LogP contribution in [-0.2, 0) is 6.18 Å². The van der Waals surface area contributed by atoms with Gasteiger partial charge in [0.15, 0.2) is 0 Å². The van der Waals surface area contributed by atoms with E-state index in [4.69, 9.17) is 5.73 Å². The third kappa shape index (κ3) is 2.49. The molecular formula is C14H9F3N4. The number of halogens is 3. The fourth-order valence-corrected chi connectivity index (χ4v) is 2.08. The van der Waals surface area contributed by atoms with Crippen LogP contribution in [0, 0.1) is 0 Å². The van der Waals surface area contributed by atoms with Crippen LogP contribution in [-0.4, -0.2) is 15.0 Å². The summed E-state index contributed by atoms with van der Waals surface area (Å²) in [6, 6.07) is 7.01. The number of rotatable bonds is 1. The number of hydrogen-bond acceptors (Lipinski definition) is 4. The number of aromatic nitrogens is 3. The minimum absolute atomic E-state index is 0.0516. The largest absolute Gasteiger partial charge is 0.417 e. The summed E-state index contributed by atoms with van der Waals surface area (Å²) in [4.78, 5) is 11.8. The molecule has 0 saturated heterocycles. The Labute approximate surface area is 117 Å². The van der Waals surface area contributed by atoms with Crippen LogP contribution < -0.4 is 5.73 Å². The topological polar surface area (TPSA) is 64.7 Å². The van der Waals surface area contributed by atoms with Gasteiger partial charge in [-0.25, -0.2) is 9.97 Å². The van der Waals surface area contributed by atoms with Gasteiger partial charge in [-0.2, -0.15) is 13.2 Å². The van der Waals surface area contributed by atoms with E-state index < -0.39 is 11.7 Å². The van der Waals surface area contributed by atoms with Crippen molar-refractivity contribution in [1.29, 1.82) is 0 Å². The van der Waals surface area contributed by atoms with E-state index >= 15 is 0 Å². The molecule has 2 heterocycles. The Bertz CT molecular complexity index is 815. The van der Waals surface area contributed by atoms with E-state index in [9.17, 15) is 13.2 Å². The van der Waals surface area contributed by atoms with E-state index in [0.29, 0.717) is 11.3 Å². The third-order valence-electron chi connectivity index (χ3n) is 3.03. The Balaban J connectivity index is 2.18. The fraction of sp³-hybridized carbons (Fsp3) is 0.0714. The van der Waals surface area contributed by atoms with Gasteiger partial charge in [-0.15, -0.1) is 0 Å². The van der Waals surface area contributed by atoms with Gasteiger partial charge in [0.05, 0.1) is 16.8 Å². The summed E-state index contributed by atoms with van der Waals surface area (Å²) in [7, 11) is 0. The molecule has 4 nitrogen and oxygen atoms in total. The molecule has 1 aromatic carbocycles. The van der Waals surface area contributed by atoms with E-state index in [1.165, 1.54) is 12.4 Å². The van der Waals surface area contributed by atoms with Gasteiger partial charge in [0, 0.05) is 23.2 Å². The molecule has 0 radical (unpaired) electrons. The molecule has 0 aliphatic rings. The summed E-state index contributed by atoms with van der Waals surface area (Å²) >= 11 is 0. The maximum atomic E-state index is 12.9. The zero-order valence-electron chi connectivity index (χ0n) is 10.6. The Hall–Kier alpha value is -2.70. The first-order valence-corrected chi connectivity index (χ1v) is 5.99. The molecule has 0 amide bonds. The van der Waals surface area contributed by atoms with Gasteiger partial charge < -0.3 is 5.73 Å². The van der Waals surface area contributed by atoms with Crippen molar-refractivity contribution in [3.63, 3.8) is 0 Å². The van der Waals surface area contributed by atoms with Crippen molar-refractivity contribution >= 4 is 16.7 Å². The maximum absolute atomic E-state index is 12.9. The van der Waals surface area contributed by atoms with E-state index in [1.54, 1.807) is 18.2 Å². The van der Waals surface area contributed by atoms with Gasteiger partial charge in [0.25, 0.3) is 0 Å². The van der Waals surface area contributed by atoms with Gasteiger partial charge in [-0.3, -0.25) is 4.98 Å². The number of nitrogens with zero attached hydrogens (tertiary/aromatic N) is 3. The van der Waals surface area contributed by atoms with Gasteiger partial charge in [0.2, 0.25) is 0 Å². The van der Waals surface area contributed by atoms with E-state index in [0.717, 1.165) is 12.3 Å². The van der Waals surface area contributed by atoms with Crippen molar-refractivity contribution in [2.45, 2.75) is 6.18 Å². The minimum Gasteiger partial charge on any atom is -0.384 e. The first-order chi connectivity index (χ1) is 9.95. The second-order valence-corrected chi connectivity index (χ2v) is 4.42. The summed E-state index contributed by atoms with van der Waals surface area (Å²) in [6.45, 7) is 0. The molecule has 2 N–H and O–H groups in total. The van der Waals surface area contributed by atoms with Crippen LogP contribution in [0.5, 0.6) is 0 Å². The molecule has 0 fully saturated rings. The second kappa shape index (κ2) is 4.69. The van der Waals surface area contributed by atoms with Gasteiger partial charge in [0.1, 0.15) is 12.1 Å². The lowest BCUT2D eigenvalue weighted by molar-refractivity contribution is -0.136. The van der Waals surface area contributed by atoms with Crippen molar-refractivity contribution in [2.24, 2.45) is 0 Å². The first-order valence-electron chi connectivity index (χ1n) is 5.99. The van der Waals surface area contributed by atoms with Crippen molar-refractivity contribution in [3.05, 3.63) is 48.4 Å². The first kappa shape index (κ1) is 13.3. The number of anilines is 1. The average molecular weight is 290 g/mol. The molecule has 0 saturated carbocycles. The fourth-order valence-electron chi connectivity index (χ4n) is 2.08.